The second-order valence-corrected chi connectivity index (χ2v) is 8.42. The van der Waals surface area contributed by atoms with Crippen molar-refractivity contribution in [1.29, 1.82) is 0 Å². The lowest BCUT2D eigenvalue weighted by molar-refractivity contribution is 0.0794. The third-order valence-electron chi connectivity index (χ3n) is 5.89. The zero-order chi connectivity index (χ0) is 21.8. The lowest BCUT2D eigenvalue weighted by Crippen LogP contribution is -2.47. The third-order valence-corrected chi connectivity index (χ3v) is 6.21. The minimum Gasteiger partial charge on any atom is -0.367 e. The van der Waals surface area contributed by atoms with E-state index in [4.69, 9.17) is 11.6 Å². The minimum absolute atomic E-state index is 0.292. The lowest BCUT2D eigenvalue weighted by Gasteiger charge is -2.40. The van der Waals surface area contributed by atoms with E-state index in [9.17, 15) is 9.50 Å². The van der Waals surface area contributed by atoms with Crippen molar-refractivity contribution < 1.29 is 9.50 Å². The quantitative estimate of drug-likeness (QED) is 0.486. The van der Waals surface area contributed by atoms with Gasteiger partial charge in [-0.25, -0.2) is 9.40 Å². The standard InChI is InChI=1S/C24H28ClFN4O/c1-17-22(18-11-13-19(26)14-12-18)27-28-23(17)24(31)30(21-10-6-5-9-20(21)25)29-15-7-3-2-4-8-16-29/h5-6,9-14,24,31H,2-4,7-8,15-16H2,1H3,(H,27,28). The van der Waals surface area contributed by atoms with Crippen molar-refractivity contribution in [3.8, 4) is 11.3 Å². The van der Waals surface area contributed by atoms with Crippen LogP contribution in [0.25, 0.3) is 11.3 Å². The molecule has 1 saturated heterocycles. The number of hydrogen-bond donors (Lipinski definition) is 2. The van der Waals surface area contributed by atoms with Crippen molar-refractivity contribution in [2.45, 2.75) is 45.3 Å². The maximum Gasteiger partial charge on any atom is 0.184 e. The molecule has 7 heteroatoms. The molecule has 0 spiro atoms. The molecule has 2 heterocycles. The molecule has 0 radical (unpaired) electrons. The largest absolute Gasteiger partial charge is 0.367 e. The van der Waals surface area contributed by atoms with Crippen LogP contribution >= 0.6 is 11.6 Å². The van der Waals surface area contributed by atoms with Crippen LogP contribution < -0.4 is 5.01 Å². The molecule has 1 aliphatic heterocycles. The Labute approximate surface area is 187 Å². The van der Waals surface area contributed by atoms with E-state index in [0.29, 0.717) is 16.4 Å². The Morgan fingerprint density at radius 1 is 1.03 bits per heavy atom. The molecule has 0 saturated carbocycles. The van der Waals surface area contributed by atoms with Crippen LogP contribution in [0, 0.1) is 12.7 Å². The molecule has 1 aromatic heterocycles. The maximum absolute atomic E-state index is 13.3. The predicted octanol–water partition coefficient (Wildman–Crippen LogP) is 5.86. The molecule has 2 aromatic carbocycles. The Kier molecular flexibility index (Phi) is 6.90. The molecule has 1 unspecified atom stereocenters. The van der Waals surface area contributed by atoms with Crippen LogP contribution in [0.3, 0.4) is 0 Å². The monoisotopic (exact) mass is 442 g/mol. The molecule has 0 bridgehead atoms. The number of H-pyrrole nitrogens is 1. The number of halogens is 2. The number of aliphatic hydroxyl groups excluding tert-OH is 1. The maximum atomic E-state index is 13.3. The molecular weight excluding hydrogens is 415 g/mol. The van der Waals surface area contributed by atoms with Gasteiger partial charge in [0.15, 0.2) is 6.23 Å². The number of hydrogen-bond acceptors (Lipinski definition) is 4. The summed E-state index contributed by atoms with van der Waals surface area (Å²) < 4.78 is 13.3. The van der Waals surface area contributed by atoms with Crippen LogP contribution in [0.1, 0.15) is 49.6 Å². The molecule has 4 rings (SSSR count). The van der Waals surface area contributed by atoms with Gasteiger partial charge in [0.1, 0.15) is 5.82 Å². The van der Waals surface area contributed by atoms with Crippen molar-refractivity contribution in [3.63, 3.8) is 0 Å². The number of aromatic amines is 1. The van der Waals surface area contributed by atoms with Gasteiger partial charge in [-0.05, 0) is 56.2 Å². The average Bonchev–Trinajstić information content (AvgIpc) is 3.12. The number of nitrogens with zero attached hydrogens (tertiary/aromatic N) is 3. The summed E-state index contributed by atoms with van der Waals surface area (Å²) in [6.45, 7) is 3.61. The van der Waals surface area contributed by atoms with Gasteiger partial charge < -0.3 is 5.11 Å². The number of hydrazine groups is 1. The normalized spacial score (nSPS) is 16.5. The molecule has 1 aliphatic rings. The molecule has 5 nitrogen and oxygen atoms in total. The van der Waals surface area contributed by atoms with E-state index in [1.54, 1.807) is 12.1 Å². The zero-order valence-electron chi connectivity index (χ0n) is 17.7. The molecule has 164 valence electrons. The number of anilines is 1. The highest BCUT2D eigenvalue weighted by molar-refractivity contribution is 6.33. The second-order valence-electron chi connectivity index (χ2n) is 8.01. The number of para-hydroxylation sites is 1. The summed E-state index contributed by atoms with van der Waals surface area (Å²) in [5, 5.41) is 23.7. The van der Waals surface area contributed by atoms with Gasteiger partial charge in [0.05, 0.1) is 22.1 Å². The first-order valence-electron chi connectivity index (χ1n) is 10.8. The Balaban J connectivity index is 1.71. The van der Waals surface area contributed by atoms with E-state index in [-0.39, 0.29) is 5.82 Å². The van der Waals surface area contributed by atoms with Gasteiger partial charge in [0.2, 0.25) is 0 Å². The van der Waals surface area contributed by atoms with Crippen molar-refractivity contribution in [2.24, 2.45) is 0 Å². The van der Waals surface area contributed by atoms with E-state index in [1.165, 1.54) is 31.4 Å². The van der Waals surface area contributed by atoms with Gasteiger partial charge in [-0.2, -0.15) is 5.10 Å². The first kappa shape index (κ1) is 21.8. The molecule has 0 aliphatic carbocycles. The summed E-state index contributed by atoms with van der Waals surface area (Å²) in [4.78, 5) is 0. The average molecular weight is 443 g/mol. The number of rotatable bonds is 5. The number of nitrogens with one attached hydrogen (secondary N) is 1. The fourth-order valence-electron chi connectivity index (χ4n) is 4.20. The van der Waals surface area contributed by atoms with E-state index in [2.05, 4.69) is 15.2 Å². The van der Waals surface area contributed by atoms with E-state index < -0.39 is 6.23 Å². The first-order chi connectivity index (χ1) is 15.1. The molecule has 2 N–H and O–H groups in total. The fourth-order valence-corrected chi connectivity index (χ4v) is 4.42. The Morgan fingerprint density at radius 2 is 1.68 bits per heavy atom. The number of benzene rings is 2. The van der Waals surface area contributed by atoms with Crippen molar-refractivity contribution >= 4 is 17.3 Å². The SMILES string of the molecule is Cc1c(-c2ccc(F)cc2)n[nH]c1C(O)N(c1ccccc1Cl)N1CCCCCCC1. The van der Waals surface area contributed by atoms with Gasteiger partial charge >= 0.3 is 0 Å². The minimum atomic E-state index is -0.985. The van der Waals surface area contributed by atoms with Crippen LogP contribution in [0.4, 0.5) is 10.1 Å². The van der Waals surface area contributed by atoms with Gasteiger partial charge in [-0.3, -0.25) is 10.1 Å². The molecular formula is C24H28ClFN4O. The highest BCUT2D eigenvalue weighted by Gasteiger charge is 2.30. The molecule has 0 amide bonds. The lowest BCUT2D eigenvalue weighted by atomic mass is 10.1. The third kappa shape index (κ3) is 4.76. The first-order valence-corrected chi connectivity index (χ1v) is 11.2. The summed E-state index contributed by atoms with van der Waals surface area (Å²) in [6, 6.07) is 13.8. The van der Waals surface area contributed by atoms with Crippen LogP contribution in [-0.2, 0) is 0 Å². The topological polar surface area (TPSA) is 55.4 Å². The summed E-state index contributed by atoms with van der Waals surface area (Å²) in [6.07, 6.45) is 4.76. The van der Waals surface area contributed by atoms with E-state index in [1.807, 2.05) is 36.2 Å². The van der Waals surface area contributed by atoms with E-state index in [0.717, 1.165) is 42.7 Å². The number of aliphatic hydroxyl groups is 1. The smallest absolute Gasteiger partial charge is 0.184 e. The zero-order valence-corrected chi connectivity index (χ0v) is 18.4. The Hall–Kier alpha value is -2.41. The summed E-state index contributed by atoms with van der Waals surface area (Å²) in [5.41, 5.74) is 3.67. The van der Waals surface area contributed by atoms with Gasteiger partial charge in [-0.15, -0.1) is 0 Å². The number of aromatic nitrogens is 2. The van der Waals surface area contributed by atoms with Crippen LogP contribution in [0.5, 0.6) is 0 Å². The second kappa shape index (κ2) is 9.81. The summed E-state index contributed by atoms with van der Waals surface area (Å²) in [7, 11) is 0. The van der Waals surface area contributed by atoms with Crippen molar-refractivity contribution in [2.75, 3.05) is 18.1 Å². The van der Waals surface area contributed by atoms with Gasteiger partial charge in [0, 0.05) is 24.2 Å². The van der Waals surface area contributed by atoms with Crippen LogP contribution in [0.2, 0.25) is 5.02 Å². The Morgan fingerprint density at radius 3 is 2.35 bits per heavy atom. The van der Waals surface area contributed by atoms with E-state index >= 15 is 0 Å². The highest BCUT2D eigenvalue weighted by atomic mass is 35.5. The summed E-state index contributed by atoms with van der Waals surface area (Å²) >= 11 is 6.56. The van der Waals surface area contributed by atoms with Crippen molar-refractivity contribution in [1.82, 2.24) is 15.2 Å². The van der Waals surface area contributed by atoms with Gasteiger partial charge in [-0.1, -0.05) is 43.0 Å². The highest BCUT2D eigenvalue weighted by Crippen LogP contribution is 2.36. The fraction of sp³-hybridized carbons (Fsp3) is 0.375. The predicted molar refractivity (Wildman–Crippen MR) is 122 cm³/mol. The molecule has 31 heavy (non-hydrogen) atoms. The van der Waals surface area contributed by atoms with Crippen molar-refractivity contribution in [3.05, 3.63) is 70.6 Å². The van der Waals surface area contributed by atoms with Gasteiger partial charge in [0.25, 0.3) is 0 Å². The Bertz CT molecular complexity index is 999. The molecule has 1 fully saturated rings. The van der Waals surface area contributed by atoms with Crippen LogP contribution in [-0.4, -0.2) is 33.4 Å². The summed E-state index contributed by atoms with van der Waals surface area (Å²) in [5.74, 6) is -0.292. The van der Waals surface area contributed by atoms with Crippen LogP contribution in [0.15, 0.2) is 48.5 Å². The molecule has 1 atom stereocenters. The molecule has 3 aromatic rings.